The molecule has 1 nitrogen and oxygen atoms in total. The maximum Gasteiger partial charge on any atom is 0.0469 e. The zero-order valence-electron chi connectivity index (χ0n) is 11.6. The van der Waals surface area contributed by atoms with Gasteiger partial charge >= 0.3 is 0 Å². The molecule has 0 atom stereocenters. The average Bonchev–Trinajstić information content (AvgIpc) is 2.31. The molecule has 18 heavy (non-hydrogen) atoms. The molecule has 1 aromatic rings. The van der Waals surface area contributed by atoms with Gasteiger partial charge in [-0.05, 0) is 81.8 Å². The summed E-state index contributed by atoms with van der Waals surface area (Å²) < 4.78 is 0. The highest BCUT2D eigenvalue weighted by molar-refractivity contribution is 5.28. The maximum absolute atomic E-state index is 4.96. The second-order valence-electron chi connectivity index (χ2n) is 7.30. The summed E-state index contributed by atoms with van der Waals surface area (Å²) in [7, 11) is 0. The summed E-state index contributed by atoms with van der Waals surface area (Å²) in [4.78, 5) is 4.96. The fourth-order valence-electron chi connectivity index (χ4n) is 5.35. The first-order valence-electron chi connectivity index (χ1n) is 7.59. The lowest BCUT2D eigenvalue weighted by molar-refractivity contribution is -0.00726. The minimum Gasteiger partial charge on any atom is -0.257 e. The first-order chi connectivity index (χ1) is 8.64. The predicted octanol–water partition coefficient (Wildman–Crippen LogP) is 4.17. The van der Waals surface area contributed by atoms with Gasteiger partial charge < -0.3 is 0 Å². The van der Waals surface area contributed by atoms with Crippen LogP contribution in [0.5, 0.6) is 0 Å². The Morgan fingerprint density at radius 3 is 2.00 bits per heavy atom. The topological polar surface area (TPSA) is 12.9 Å². The summed E-state index contributed by atoms with van der Waals surface area (Å²) in [5.74, 6) is 3.04. The SMILES string of the molecule is Cc1ccc(C23CC4CC(CC(C4)C2)C3)nc1C. The van der Waals surface area contributed by atoms with E-state index in [2.05, 4.69) is 26.0 Å². The zero-order valence-corrected chi connectivity index (χ0v) is 11.6. The van der Waals surface area contributed by atoms with Gasteiger partial charge in [-0.3, -0.25) is 4.98 Å². The summed E-state index contributed by atoms with van der Waals surface area (Å²) in [6.45, 7) is 4.34. The highest BCUT2D eigenvalue weighted by Gasteiger charge is 2.52. The Hall–Kier alpha value is -0.850. The largest absolute Gasteiger partial charge is 0.257 e. The van der Waals surface area contributed by atoms with Crippen LogP contribution in [0.15, 0.2) is 12.1 Å². The summed E-state index contributed by atoms with van der Waals surface area (Å²) >= 11 is 0. The van der Waals surface area contributed by atoms with Crippen LogP contribution in [0.1, 0.15) is 55.5 Å². The van der Waals surface area contributed by atoms with Crippen molar-refractivity contribution in [3.8, 4) is 0 Å². The normalized spacial score (nSPS) is 41.3. The van der Waals surface area contributed by atoms with Gasteiger partial charge in [0.1, 0.15) is 0 Å². The first kappa shape index (κ1) is 11.0. The van der Waals surface area contributed by atoms with Crippen LogP contribution in [-0.4, -0.2) is 4.98 Å². The lowest BCUT2D eigenvalue weighted by Crippen LogP contribution is -2.49. The van der Waals surface area contributed by atoms with Crippen molar-refractivity contribution >= 4 is 0 Å². The van der Waals surface area contributed by atoms with E-state index in [9.17, 15) is 0 Å². The van der Waals surface area contributed by atoms with Crippen molar-refractivity contribution in [2.24, 2.45) is 17.8 Å². The van der Waals surface area contributed by atoms with E-state index in [1.54, 1.807) is 0 Å². The molecule has 4 aliphatic rings. The molecule has 0 aromatic carbocycles. The van der Waals surface area contributed by atoms with Crippen molar-refractivity contribution in [1.29, 1.82) is 0 Å². The number of aromatic nitrogens is 1. The Labute approximate surface area is 110 Å². The fraction of sp³-hybridized carbons (Fsp3) is 0.706. The van der Waals surface area contributed by atoms with E-state index >= 15 is 0 Å². The highest BCUT2D eigenvalue weighted by atomic mass is 14.8. The van der Waals surface area contributed by atoms with Crippen molar-refractivity contribution in [3.63, 3.8) is 0 Å². The average molecular weight is 241 g/mol. The highest BCUT2D eigenvalue weighted by Crippen LogP contribution is 2.60. The van der Waals surface area contributed by atoms with Crippen LogP contribution in [0.3, 0.4) is 0 Å². The molecule has 4 aliphatic carbocycles. The molecule has 0 unspecified atom stereocenters. The minimum atomic E-state index is 0.465. The molecular formula is C17H23N. The van der Waals surface area contributed by atoms with Crippen LogP contribution < -0.4 is 0 Å². The Morgan fingerprint density at radius 2 is 1.50 bits per heavy atom. The van der Waals surface area contributed by atoms with E-state index < -0.39 is 0 Å². The molecule has 0 saturated heterocycles. The van der Waals surface area contributed by atoms with Crippen molar-refractivity contribution in [2.75, 3.05) is 0 Å². The van der Waals surface area contributed by atoms with Crippen LogP contribution in [0, 0.1) is 31.6 Å². The molecule has 1 heteroatoms. The lowest BCUT2D eigenvalue weighted by atomic mass is 9.49. The summed E-state index contributed by atoms with van der Waals surface area (Å²) in [6.07, 6.45) is 8.83. The van der Waals surface area contributed by atoms with Gasteiger partial charge in [0.2, 0.25) is 0 Å². The number of hydrogen-bond acceptors (Lipinski definition) is 1. The molecule has 96 valence electrons. The molecule has 0 aliphatic heterocycles. The first-order valence-corrected chi connectivity index (χ1v) is 7.59. The van der Waals surface area contributed by atoms with E-state index in [0.29, 0.717) is 5.41 Å². The van der Waals surface area contributed by atoms with Gasteiger partial charge in [-0.25, -0.2) is 0 Å². The molecule has 0 radical (unpaired) electrons. The molecule has 0 N–H and O–H groups in total. The van der Waals surface area contributed by atoms with Gasteiger partial charge in [0.05, 0.1) is 0 Å². The summed E-state index contributed by atoms with van der Waals surface area (Å²) in [6, 6.07) is 4.62. The molecule has 4 fully saturated rings. The van der Waals surface area contributed by atoms with Crippen molar-refractivity contribution in [3.05, 3.63) is 29.1 Å². The van der Waals surface area contributed by atoms with E-state index in [1.165, 1.54) is 55.5 Å². The fourth-order valence-corrected chi connectivity index (χ4v) is 5.35. The van der Waals surface area contributed by atoms with Crippen molar-refractivity contribution in [2.45, 2.75) is 57.8 Å². The van der Waals surface area contributed by atoms with Gasteiger partial charge in [0.15, 0.2) is 0 Å². The summed E-state index contributed by atoms with van der Waals surface area (Å²) in [5.41, 5.74) is 4.46. The number of nitrogens with zero attached hydrogens (tertiary/aromatic N) is 1. The molecule has 1 heterocycles. The van der Waals surface area contributed by atoms with Crippen LogP contribution in [0.25, 0.3) is 0 Å². The van der Waals surface area contributed by atoms with Gasteiger partial charge in [-0.2, -0.15) is 0 Å². The predicted molar refractivity (Wildman–Crippen MR) is 73.6 cm³/mol. The van der Waals surface area contributed by atoms with Crippen LogP contribution in [0.2, 0.25) is 0 Å². The zero-order chi connectivity index (χ0) is 12.3. The van der Waals surface area contributed by atoms with Gasteiger partial charge in [-0.1, -0.05) is 6.07 Å². The molecule has 4 saturated carbocycles. The number of aryl methyl sites for hydroxylation is 2. The third-order valence-electron chi connectivity index (χ3n) is 5.93. The van der Waals surface area contributed by atoms with E-state index in [1.807, 2.05) is 0 Å². The molecule has 0 spiro atoms. The van der Waals surface area contributed by atoms with Crippen molar-refractivity contribution < 1.29 is 0 Å². The second-order valence-corrected chi connectivity index (χ2v) is 7.30. The summed E-state index contributed by atoms with van der Waals surface area (Å²) in [5, 5.41) is 0. The quantitative estimate of drug-likeness (QED) is 0.719. The number of hydrogen-bond donors (Lipinski definition) is 0. The van der Waals surface area contributed by atoms with Crippen LogP contribution in [0.4, 0.5) is 0 Å². The third-order valence-corrected chi connectivity index (χ3v) is 5.93. The van der Waals surface area contributed by atoms with Crippen molar-refractivity contribution in [1.82, 2.24) is 4.98 Å². The van der Waals surface area contributed by atoms with Gasteiger partial charge in [0, 0.05) is 16.8 Å². The second kappa shape index (κ2) is 3.59. The Morgan fingerprint density at radius 1 is 0.944 bits per heavy atom. The van der Waals surface area contributed by atoms with Gasteiger partial charge in [0.25, 0.3) is 0 Å². The molecule has 1 aromatic heterocycles. The monoisotopic (exact) mass is 241 g/mol. The molecule has 5 rings (SSSR count). The molecule has 0 amide bonds. The van der Waals surface area contributed by atoms with E-state index in [4.69, 9.17) is 4.98 Å². The van der Waals surface area contributed by atoms with E-state index in [-0.39, 0.29) is 0 Å². The lowest BCUT2D eigenvalue weighted by Gasteiger charge is -2.56. The Bertz CT molecular complexity index is 453. The Kier molecular flexibility index (Phi) is 2.19. The van der Waals surface area contributed by atoms with Gasteiger partial charge in [-0.15, -0.1) is 0 Å². The number of pyridine rings is 1. The minimum absolute atomic E-state index is 0.465. The smallest absolute Gasteiger partial charge is 0.0469 e. The molecular weight excluding hydrogens is 218 g/mol. The maximum atomic E-state index is 4.96. The standard InChI is InChI=1S/C17H23N/c1-11-3-4-16(18-12(11)2)17-8-13-5-14(9-17)7-15(6-13)10-17/h3-4,13-15H,5-10H2,1-2H3. The number of rotatable bonds is 1. The van der Waals surface area contributed by atoms with Crippen LogP contribution in [-0.2, 0) is 5.41 Å². The third kappa shape index (κ3) is 1.49. The van der Waals surface area contributed by atoms with Crippen LogP contribution >= 0.6 is 0 Å². The molecule has 4 bridgehead atoms. The Balaban J connectivity index is 1.76. The van der Waals surface area contributed by atoms with E-state index in [0.717, 1.165) is 17.8 Å².